The highest BCUT2D eigenvalue weighted by Crippen LogP contribution is 2.27. The van der Waals surface area contributed by atoms with Gasteiger partial charge in [-0.1, -0.05) is 37.3 Å². The molecule has 0 saturated heterocycles. The largest absolute Gasteiger partial charge is 0.374 e. The van der Waals surface area contributed by atoms with E-state index in [0.717, 1.165) is 36.1 Å². The second-order valence-electron chi connectivity index (χ2n) is 6.09. The number of likely N-dealkylation sites (N-methyl/N-ethyl adjacent to an activating group) is 1. The van der Waals surface area contributed by atoms with Crippen molar-refractivity contribution in [3.05, 3.63) is 34.3 Å². The van der Waals surface area contributed by atoms with Gasteiger partial charge in [-0.25, -0.2) is 0 Å². The van der Waals surface area contributed by atoms with Crippen LogP contribution in [0.3, 0.4) is 0 Å². The van der Waals surface area contributed by atoms with Crippen LogP contribution in [-0.2, 0) is 19.4 Å². The molecule has 112 valence electrons. The van der Waals surface area contributed by atoms with Crippen LogP contribution in [0.25, 0.3) is 0 Å². The molecule has 0 aliphatic carbocycles. The van der Waals surface area contributed by atoms with Crippen LogP contribution < -0.4 is 10.2 Å². The first-order chi connectivity index (χ1) is 10.1. The van der Waals surface area contributed by atoms with Crippen LogP contribution in [0.5, 0.6) is 0 Å². The number of rotatable bonds is 5. The van der Waals surface area contributed by atoms with Crippen molar-refractivity contribution in [3.8, 4) is 0 Å². The normalized spacial score (nSPS) is 13.8. The number of aromatic nitrogens is 2. The Bertz CT molecular complexity index is 620. The highest BCUT2D eigenvalue weighted by atomic mass is 32.1. The monoisotopic (exact) mass is 302 g/mol. The lowest BCUT2D eigenvalue weighted by molar-refractivity contribution is 0.640. The second kappa shape index (κ2) is 6.02. The van der Waals surface area contributed by atoms with Crippen LogP contribution >= 0.6 is 11.3 Å². The summed E-state index contributed by atoms with van der Waals surface area (Å²) in [4.78, 5) is 2.31. The Hall–Kier alpha value is -1.62. The minimum Gasteiger partial charge on any atom is -0.374 e. The quantitative estimate of drug-likeness (QED) is 0.919. The summed E-state index contributed by atoms with van der Waals surface area (Å²) in [6.45, 7) is 6.35. The molecule has 3 rings (SSSR count). The van der Waals surface area contributed by atoms with E-state index in [0.29, 0.717) is 5.92 Å². The van der Waals surface area contributed by atoms with Crippen molar-refractivity contribution in [2.75, 3.05) is 23.8 Å². The van der Waals surface area contributed by atoms with E-state index < -0.39 is 0 Å². The fourth-order valence-electron chi connectivity index (χ4n) is 2.66. The number of nitrogens with one attached hydrogen (secondary N) is 1. The molecule has 1 N–H and O–H groups in total. The Labute approximate surface area is 130 Å². The number of anilines is 2. The molecule has 0 saturated carbocycles. The Morgan fingerprint density at radius 1 is 1.33 bits per heavy atom. The number of benzene rings is 1. The lowest BCUT2D eigenvalue weighted by atomic mass is 10.1. The molecule has 1 aromatic heterocycles. The Balaban J connectivity index is 1.61. The third-order valence-electron chi connectivity index (χ3n) is 3.77. The van der Waals surface area contributed by atoms with Gasteiger partial charge in [0.05, 0.1) is 0 Å². The van der Waals surface area contributed by atoms with Gasteiger partial charge in [0.25, 0.3) is 0 Å². The SMILES string of the molecule is CC(C)Cc1nnc(NCc2ccc3c(c2)CCN3C)s1. The fraction of sp³-hybridized carbons (Fsp3) is 0.500. The zero-order valence-corrected chi connectivity index (χ0v) is 13.7. The molecule has 0 spiro atoms. The van der Waals surface area contributed by atoms with E-state index in [9.17, 15) is 0 Å². The minimum absolute atomic E-state index is 0.625. The maximum atomic E-state index is 4.24. The summed E-state index contributed by atoms with van der Waals surface area (Å²) in [5, 5.41) is 13.9. The maximum absolute atomic E-state index is 4.24. The van der Waals surface area contributed by atoms with Gasteiger partial charge in [0, 0.05) is 32.2 Å². The van der Waals surface area contributed by atoms with Gasteiger partial charge in [-0.05, 0) is 29.5 Å². The molecule has 0 amide bonds. The highest BCUT2D eigenvalue weighted by molar-refractivity contribution is 7.15. The molecule has 2 aromatic rings. The van der Waals surface area contributed by atoms with Gasteiger partial charge in [0.1, 0.15) is 5.01 Å². The van der Waals surface area contributed by atoms with Gasteiger partial charge < -0.3 is 10.2 Å². The summed E-state index contributed by atoms with van der Waals surface area (Å²) < 4.78 is 0. The van der Waals surface area contributed by atoms with E-state index in [-0.39, 0.29) is 0 Å². The van der Waals surface area contributed by atoms with Crippen molar-refractivity contribution < 1.29 is 0 Å². The Kier molecular flexibility index (Phi) is 4.10. The molecule has 1 aromatic carbocycles. The lowest BCUT2D eigenvalue weighted by Gasteiger charge is -2.12. The predicted octanol–water partition coefficient (Wildman–Crippen LogP) is 3.34. The number of nitrogens with zero attached hydrogens (tertiary/aromatic N) is 3. The minimum atomic E-state index is 0.625. The number of hydrogen-bond acceptors (Lipinski definition) is 5. The molecule has 1 aliphatic heterocycles. The molecule has 0 bridgehead atoms. The smallest absolute Gasteiger partial charge is 0.205 e. The predicted molar refractivity (Wildman–Crippen MR) is 89.2 cm³/mol. The first kappa shape index (κ1) is 14.3. The standard InChI is InChI=1S/C16H22N4S/c1-11(2)8-15-18-19-16(21-15)17-10-12-4-5-14-13(9-12)6-7-20(14)3/h4-5,9,11H,6-8,10H2,1-3H3,(H,17,19). The van der Waals surface area contributed by atoms with Crippen LogP contribution in [0.2, 0.25) is 0 Å². The molecular weight excluding hydrogens is 280 g/mol. The van der Waals surface area contributed by atoms with Crippen molar-refractivity contribution in [2.24, 2.45) is 5.92 Å². The fourth-order valence-corrected chi connectivity index (χ4v) is 3.61. The van der Waals surface area contributed by atoms with Crippen LogP contribution in [0, 0.1) is 5.92 Å². The summed E-state index contributed by atoms with van der Waals surface area (Å²) in [6, 6.07) is 6.73. The summed E-state index contributed by atoms with van der Waals surface area (Å²) >= 11 is 1.66. The second-order valence-corrected chi connectivity index (χ2v) is 7.15. The van der Waals surface area contributed by atoms with Crippen LogP contribution in [0.1, 0.15) is 30.0 Å². The van der Waals surface area contributed by atoms with Gasteiger partial charge in [0.15, 0.2) is 0 Å². The van der Waals surface area contributed by atoms with E-state index in [2.05, 4.69) is 59.5 Å². The summed E-state index contributed by atoms with van der Waals surface area (Å²) in [5.74, 6) is 0.625. The molecule has 2 heterocycles. The molecule has 5 heteroatoms. The van der Waals surface area contributed by atoms with Crippen LogP contribution in [-0.4, -0.2) is 23.8 Å². The molecule has 21 heavy (non-hydrogen) atoms. The van der Waals surface area contributed by atoms with Gasteiger partial charge in [-0.2, -0.15) is 0 Å². The van der Waals surface area contributed by atoms with E-state index in [4.69, 9.17) is 0 Å². The average molecular weight is 302 g/mol. The van der Waals surface area contributed by atoms with Gasteiger partial charge in [-0.15, -0.1) is 10.2 Å². The third-order valence-corrected chi connectivity index (χ3v) is 4.67. The van der Waals surface area contributed by atoms with Gasteiger partial charge in [-0.3, -0.25) is 0 Å². The third kappa shape index (κ3) is 3.35. The maximum Gasteiger partial charge on any atom is 0.205 e. The molecule has 0 fully saturated rings. The van der Waals surface area contributed by atoms with E-state index in [1.165, 1.54) is 16.8 Å². The molecule has 0 radical (unpaired) electrons. The van der Waals surface area contributed by atoms with Gasteiger partial charge in [0.2, 0.25) is 5.13 Å². The topological polar surface area (TPSA) is 41.1 Å². The Morgan fingerprint density at radius 3 is 3.00 bits per heavy atom. The lowest BCUT2D eigenvalue weighted by Crippen LogP contribution is -2.12. The highest BCUT2D eigenvalue weighted by Gasteiger charge is 2.15. The van der Waals surface area contributed by atoms with Crippen molar-refractivity contribution >= 4 is 22.2 Å². The molecule has 0 unspecified atom stereocenters. The van der Waals surface area contributed by atoms with Crippen LogP contribution in [0.4, 0.5) is 10.8 Å². The van der Waals surface area contributed by atoms with Crippen molar-refractivity contribution in [3.63, 3.8) is 0 Å². The van der Waals surface area contributed by atoms with E-state index in [1.807, 2.05) is 0 Å². The summed E-state index contributed by atoms with van der Waals surface area (Å²) in [7, 11) is 2.15. The number of hydrogen-bond donors (Lipinski definition) is 1. The van der Waals surface area contributed by atoms with Crippen molar-refractivity contribution in [1.82, 2.24) is 10.2 Å². The molecule has 4 nitrogen and oxygen atoms in total. The molecule has 0 atom stereocenters. The average Bonchev–Trinajstić information content (AvgIpc) is 3.03. The number of fused-ring (bicyclic) bond motifs is 1. The van der Waals surface area contributed by atoms with Crippen LogP contribution in [0.15, 0.2) is 18.2 Å². The van der Waals surface area contributed by atoms with E-state index in [1.54, 1.807) is 11.3 Å². The summed E-state index contributed by atoms with van der Waals surface area (Å²) in [5.41, 5.74) is 4.13. The zero-order valence-electron chi connectivity index (χ0n) is 12.9. The first-order valence-corrected chi connectivity index (χ1v) is 8.32. The molecule has 1 aliphatic rings. The van der Waals surface area contributed by atoms with Crippen molar-refractivity contribution in [1.29, 1.82) is 0 Å². The summed E-state index contributed by atoms with van der Waals surface area (Å²) in [6.07, 6.45) is 2.15. The van der Waals surface area contributed by atoms with Gasteiger partial charge >= 0.3 is 0 Å². The van der Waals surface area contributed by atoms with E-state index >= 15 is 0 Å². The zero-order chi connectivity index (χ0) is 14.8. The molecular formula is C16H22N4S. The Morgan fingerprint density at radius 2 is 2.19 bits per heavy atom. The first-order valence-electron chi connectivity index (χ1n) is 7.51. The van der Waals surface area contributed by atoms with Crippen molar-refractivity contribution in [2.45, 2.75) is 33.2 Å².